The van der Waals surface area contributed by atoms with E-state index in [1.54, 1.807) is 20.8 Å². The zero-order valence-electron chi connectivity index (χ0n) is 17.8. The van der Waals surface area contributed by atoms with Crippen molar-refractivity contribution < 1.29 is 38.2 Å². The van der Waals surface area contributed by atoms with Gasteiger partial charge in [-0.25, -0.2) is 0 Å². The van der Waals surface area contributed by atoms with E-state index in [4.69, 9.17) is 14.2 Å². The Labute approximate surface area is 180 Å². The van der Waals surface area contributed by atoms with Crippen LogP contribution in [-0.4, -0.2) is 73.6 Å². The lowest BCUT2D eigenvalue weighted by atomic mass is 9.86. The van der Waals surface area contributed by atoms with Crippen LogP contribution in [0.1, 0.15) is 40.0 Å². The highest BCUT2D eigenvalue weighted by atomic mass is 32.2. The van der Waals surface area contributed by atoms with Crippen LogP contribution in [0, 0.1) is 5.41 Å². The highest BCUT2D eigenvalue weighted by Gasteiger charge is 2.40. The molecule has 0 aromatic rings. The predicted molar refractivity (Wildman–Crippen MR) is 108 cm³/mol. The Morgan fingerprint density at radius 3 is 2.53 bits per heavy atom. The summed E-state index contributed by atoms with van der Waals surface area (Å²) in [6.07, 6.45) is -1.38. The molecule has 0 spiro atoms. The standard InChI is InChI=1S/C19H30N2O8S/c1-5-14(23)28-11-19(2,3)16-17(25)21-7-6-13(22)20-8-9-30-12(18(26)27-4)10-15(24)29-16/h12,16H,5-11H2,1-4H3,(H,20,22)(H,21,25)/t12?,16-/m0/s1. The van der Waals surface area contributed by atoms with Crippen LogP contribution in [0.5, 0.6) is 0 Å². The third-order valence-electron chi connectivity index (χ3n) is 4.30. The second-order valence-electron chi connectivity index (χ2n) is 7.35. The molecule has 2 atom stereocenters. The van der Waals surface area contributed by atoms with Crippen molar-refractivity contribution in [1.29, 1.82) is 0 Å². The number of nitrogens with one attached hydrogen (secondary N) is 2. The first-order chi connectivity index (χ1) is 14.1. The number of rotatable bonds is 5. The van der Waals surface area contributed by atoms with Crippen molar-refractivity contribution >= 4 is 41.5 Å². The van der Waals surface area contributed by atoms with Gasteiger partial charge in [0.15, 0.2) is 6.10 Å². The molecule has 0 saturated carbocycles. The zero-order valence-corrected chi connectivity index (χ0v) is 18.6. The van der Waals surface area contributed by atoms with Crippen molar-refractivity contribution in [2.24, 2.45) is 5.41 Å². The van der Waals surface area contributed by atoms with Gasteiger partial charge >= 0.3 is 17.9 Å². The molecule has 1 saturated heterocycles. The summed E-state index contributed by atoms with van der Waals surface area (Å²) in [6.45, 7) is 5.09. The van der Waals surface area contributed by atoms with Crippen LogP contribution in [0.25, 0.3) is 0 Å². The summed E-state index contributed by atoms with van der Waals surface area (Å²) >= 11 is 1.15. The molecule has 1 aliphatic rings. The van der Waals surface area contributed by atoms with Gasteiger partial charge in [0.2, 0.25) is 5.91 Å². The van der Waals surface area contributed by atoms with Crippen LogP contribution in [0.4, 0.5) is 0 Å². The van der Waals surface area contributed by atoms with E-state index < -0.39 is 40.6 Å². The van der Waals surface area contributed by atoms with Crippen molar-refractivity contribution in [2.45, 2.75) is 51.4 Å². The second kappa shape index (κ2) is 12.4. The number of esters is 3. The van der Waals surface area contributed by atoms with E-state index in [1.807, 2.05) is 0 Å². The average Bonchev–Trinajstić information content (AvgIpc) is 2.70. The first-order valence-electron chi connectivity index (χ1n) is 9.69. The SMILES string of the molecule is CCC(=O)OCC(C)(C)[C@H]1OC(=O)CC(C(=O)OC)SCCNC(=O)CCNC1=O. The first kappa shape index (κ1) is 25.7. The maximum Gasteiger partial charge on any atom is 0.319 e. The zero-order chi connectivity index (χ0) is 22.7. The van der Waals surface area contributed by atoms with Gasteiger partial charge in [0.05, 0.1) is 13.5 Å². The van der Waals surface area contributed by atoms with Gasteiger partial charge < -0.3 is 24.8 Å². The highest BCUT2D eigenvalue weighted by molar-refractivity contribution is 8.00. The lowest BCUT2D eigenvalue weighted by Gasteiger charge is -2.32. The molecule has 1 rings (SSSR count). The molecule has 0 aromatic heterocycles. The summed E-state index contributed by atoms with van der Waals surface area (Å²) < 4.78 is 15.3. The van der Waals surface area contributed by atoms with E-state index in [2.05, 4.69) is 10.6 Å². The van der Waals surface area contributed by atoms with Crippen LogP contribution >= 0.6 is 11.8 Å². The van der Waals surface area contributed by atoms with E-state index >= 15 is 0 Å². The first-order valence-corrected chi connectivity index (χ1v) is 10.7. The fraction of sp³-hybridized carbons (Fsp3) is 0.737. The summed E-state index contributed by atoms with van der Waals surface area (Å²) in [4.78, 5) is 60.6. The van der Waals surface area contributed by atoms with Crippen LogP contribution in [0.2, 0.25) is 0 Å². The largest absolute Gasteiger partial charge is 0.468 e. The number of thioether (sulfide) groups is 1. The fourth-order valence-electron chi connectivity index (χ4n) is 2.56. The quantitative estimate of drug-likeness (QED) is 0.447. The Morgan fingerprint density at radius 2 is 1.90 bits per heavy atom. The maximum atomic E-state index is 12.7. The molecule has 10 nitrogen and oxygen atoms in total. The van der Waals surface area contributed by atoms with Crippen LogP contribution in [-0.2, 0) is 38.2 Å². The monoisotopic (exact) mass is 446 g/mol. The van der Waals surface area contributed by atoms with Crippen molar-refractivity contribution in [3.05, 3.63) is 0 Å². The molecule has 0 radical (unpaired) electrons. The molecule has 1 heterocycles. The Morgan fingerprint density at radius 1 is 1.20 bits per heavy atom. The second-order valence-corrected chi connectivity index (χ2v) is 8.66. The van der Waals surface area contributed by atoms with E-state index in [1.165, 1.54) is 7.11 Å². The third-order valence-corrected chi connectivity index (χ3v) is 5.50. The Kier molecular flexibility index (Phi) is 10.6. The minimum atomic E-state index is -1.29. The molecule has 2 N–H and O–H groups in total. The number of ether oxygens (including phenoxy) is 3. The van der Waals surface area contributed by atoms with Gasteiger partial charge in [-0.3, -0.25) is 24.0 Å². The smallest absolute Gasteiger partial charge is 0.319 e. The van der Waals surface area contributed by atoms with Crippen molar-refractivity contribution in [2.75, 3.05) is 32.6 Å². The van der Waals surface area contributed by atoms with Gasteiger partial charge in [0, 0.05) is 37.1 Å². The van der Waals surface area contributed by atoms with Crippen LogP contribution < -0.4 is 10.6 Å². The molecule has 0 bridgehead atoms. The Bertz CT molecular complexity index is 652. The highest BCUT2D eigenvalue weighted by Crippen LogP contribution is 2.26. The molecule has 2 amide bonds. The van der Waals surface area contributed by atoms with Crippen molar-refractivity contribution in [3.8, 4) is 0 Å². The Balaban J connectivity index is 3.04. The number of methoxy groups -OCH3 is 1. The number of hydrogen-bond donors (Lipinski definition) is 2. The van der Waals surface area contributed by atoms with Crippen LogP contribution in [0.3, 0.4) is 0 Å². The van der Waals surface area contributed by atoms with Gasteiger partial charge in [-0.15, -0.1) is 11.8 Å². The van der Waals surface area contributed by atoms with E-state index in [9.17, 15) is 24.0 Å². The lowest BCUT2D eigenvalue weighted by Crippen LogP contribution is -2.49. The van der Waals surface area contributed by atoms with Gasteiger partial charge in [-0.05, 0) is 0 Å². The molecule has 1 fully saturated rings. The van der Waals surface area contributed by atoms with E-state index in [0.717, 1.165) is 11.8 Å². The third kappa shape index (κ3) is 8.60. The summed E-state index contributed by atoms with van der Waals surface area (Å²) in [5.74, 6) is -2.29. The van der Waals surface area contributed by atoms with Gasteiger partial charge in [-0.1, -0.05) is 20.8 Å². The fourth-order valence-corrected chi connectivity index (χ4v) is 3.55. The van der Waals surface area contributed by atoms with Crippen molar-refractivity contribution in [3.63, 3.8) is 0 Å². The number of carbonyl (C=O) groups excluding carboxylic acids is 5. The average molecular weight is 447 g/mol. The number of cyclic esters (lactones) is 1. The molecule has 0 aromatic carbocycles. The minimum Gasteiger partial charge on any atom is -0.468 e. The summed E-state index contributed by atoms with van der Waals surface area (Å²) in [5, 5.41) is 4.42. The normalized spacial score (nSPS) is 22.1. The molecule has 170 valence electrons. The lowest BCUT2D eigenvalue weighted by molar-refractivity contribution is -0.169. The topological polar surface area (TPSA) is 137 Å². The summed E-state index contributed by atoms with van der Waals surface area (Å²) in [6, 6.07) is 0. The molecule has 1 unspecified atom stereocenters. The van der Waals surface area contributed by atoms with Crippen LogP contribution in [0.15, 0.2) is 0 Å². The number of carbonyl (C=O) groups is 5. The Hall–Kier alpha value is -2.30. The minimum absolute atomic E-state index is 0.0444. The molecule has 0 aliphatic carbocycles. The summed E-state index contributed by atoms with van der Waals surface area (Å²) in [5.41, 5.74) is -1.04. The summed E-state index contributed by atoms with van der Waals surface area (Å²) in [7, 11) is 1.21. The van der Waals surface area contributed by atoms with E-state index in [0.29, 0.717) is 12.3 Å². The number of hydrogen-bond acceptors (Lipinski definition) is 9. The van der Waals surface area contributed by atoms with E-state index in [-0.39, 0.29) is 38.3 Å². The van der Waals surface area contributed by atoms with Gasteiger partial charge in [-0.2, -0.15) is 0 Å². The molecule has 11 heteroatoms. The maximum absolute atomic E-state index is 12.7. The number of amides is 2. The predicted octanol–water partition coefficient (Wildman–Crippen LogP) is 0.179. The van der Waals surface area contributed by atoms with Crippen molar-refractivity contribution in [1.82, 2.24) is 10.6 Å². The molecule has 30 heavy (non-hydrogen) atoms. The molecular weight excluding hydrogens is 416 g/mol. The van der Waals surface area contributed by atoms with Gasteiger partial charge in [0.1, 0.15) is 11.9 Å². The molecule has 1 aliphatic heterocycles. The van der Waals surface area contributed by atoms with Gasteiger partial charge in [0.25, 0.3) is 5.91 Å². The molecular formula is C19H30N2O8S.